The predicted octanol–water partition coefficient (Wildman–Crippen LogP) is 3.13. The van der Waals surface area contributed by atoms with Crippen molar-refractivity contribution < 1.29 is 4.74 Å². The first kappa shape index (κ1) is 15.1. The molecule has 116 valence electrons. The van der Waals surface area contributed by atoms with Crippen molar-refractivity contribution in [2.24, 2.45) is 0 Å². The van der Waals surface area contributed by atoms with Gasteiger partial charge in [0.05, 0.1) is 0 Å². The Kier molecular flexibility index (Phi) is 4.80. The first-order valence-electron chi connectivity index (χ1n) is 7.84. The van der Waals surface area contributed by atoms with Crippen molar-refractivity contribution in [3.8, 4) is 0 Å². The van der Waals surface area contributed by atoms with Gasteiger partial charge in [0.1, 0.15) is 6.61 Å². The van der Waals surface area contributed by atoms with Crippen molar-refractivity contribution in [3.63, 3.8) is 0 Å². The third kappa shape index (κ3) is 3.34. The van der Waals surface area contributed by atoms with Crippen LogP contribution in [0, 0.1) is 0 Å². The molecule has 1 aliphatic rings. The van der Waals surface area contributed by atoms with Gasteiger partial charge in [-0.15, -0.1) is 0 Å². The zero-order valence-corrected chi connectivity index (χ0v) is 13.3. The van der Waals surface area contributed by atoms with Gasteiger partial charge in [0.15, 0.2) is 5.82 Å². The molecule has 22 heavy (non-hydrogen) atoms. The molecule has 0 N–H and O–H groups in total. The molecule has 0 aliphatic heterocycles. The maximum absolute atomic E-state index is 5.05. The second-order valence-electron chi connectivity index (χ2n) is 5.96. The standard InChI is InChI=1S/C18H23N3O/c1-21(12-14-10-19-18(13-22-2)20-11-14)17-9-5-7-15-6-3-4-8-16(15)17/h3-4,6,8,10-11,17H,5,7,9,12-13H2,1-2H3. The van der Waals surface area contributed by atoms with Gasteiger partial charge in [-0.3, -0.25) is 4.90 Å². The maximum Gasteiger partial charge on any atom is 0.153 e. The Morgan fingerprint density at radius 2 is 2.00 bits per heavy atom. The molecule has 0 spiro atoms. The lowest BCUT2D eigenvalue weighted by Crippen LogP contribution is -2.27. The van der Waals surface area contributed by atoms with E-state index in [9.17, 15) is 0 Å². The Balaban J connectivity index is 1.71. The van der Waals surface area contributed by atoms with Crippen molar-refractivity contribution >= 4 is 0 Å². The molecule has 2 aromatic rings. The van der Waals surface area contributed by atoms with Gasteiger partial charge in [0, 0.05) is 37.7 Å². The number of aromatic nitrogens is 2. The molecule has 4 nitrogen and oxygen atoms in total. The molecule has 1 aromatic carbocycles. The Morgan fingerprint density at radius 3 is 2.77 bits per heavy atom. The predicted molar refractivity (Wildman–Crippen MR) is 86.3 cm³/mol. The van der Waals surface area contributed by atoms with Crippen LogP contribution >= 0.6 is 0 Å². The van der Waals surface area contributed by atoms with Gasteiger partial charge in [-0.1, -0.05) is 24.3 Å². The average Bonchev–Trinajstić information content (AvgIpc) is 2.56. The molecule has 1 atom stereocenters. The van der Waals surface area contributed by atoms with E-state index in [0.29, 0.717) is 12.6 Å². The smallest absolute Gasteiger partial charge is 0.153 e. The first-order valence-corrected chi connectivity index (χ1v) is 7.84. The van der Waals surface area contributed by atoms with Crippen LogP contribution in [0.5, 0.6) is 0 Å². The molecular formula is C18H23N3O. The average molecular weight is 297 g/mol. The largest absolute Gasteiger partial charge is 0.377 e. The van der Waals surface area contributed by atoms with E-state index in [0.717, 1.165) is 17.9 Å². The van der Waals surface area contributed by atoms with Crippen LogP contribution in [0.1, 0.15) is 41.4 Å². The summed E-state index contributed by atoms with van der Waals surface area (Å²) in [6.07, 6.45) is 7.50. The fraction of sp³-hybridized carbons (Fsp3) is 0.444. The highest BCUT2D eigenvalue weighted by molar-refractivity contribution is 5.32. The molecule has 0 saturated carbocycles. The molecule has 1 aliphatic carbocycles. The summed E-state index contributed by atoms with van der Waals surface area (Å²) in [6.45, 7) is 1.33. The topological polar surface area (TPSA) is 38.2 Å². The van der Waals surface area contributed by atoms with Gasteiger partial charge in [-0.05, 0) is 37.4 Å². The van der Waals surface area contributed by atoms with Crippen molar-refractivity contribution in [1.29, 1.82) is 0 Å². The Labute approximate surface area is 132 Å². The molecule has 4 heteroatoms. The zero-order valence-electron chi connectivity index (χ0n) is 13.3. The van der Waals surface area contributed by atoms with Crippen LogP contribution in [0.3, 0.4) is 0 Å². The quantitative estimate of drug-likeness (QED) is 0.850. The fourth-order valence-corrected chi connectivity index (χ4v) is 3.25. The molecule has 0 amide bonds. The van der Waals surface area contributed by atoms with E-state index in [1.807, 2.05) is 12.4 Å². The fourth-order valence-electron chi connectivity index (χ4n) is 3.25. The minimum absolute atomic E-state index is 0.464. The number of fused-ring (bicyclic) bond motifs is 1. The molecular weight excluding hydrogens is 274 g/mol. The molecule has 1 unspecified atom stereocenters. The van der Waals surface area contributed by atoms with Crippen LogP contribution in [0.25, 0.3) is 0 Å². The summed E-state index contributed by atoms with van der Waals surface area (Å²) in [5.74, 6) is 0.733. The summed E-state index contributed by atoms with van der Waals surface area (Å²) in [4.78, 5) is 11.1. The summed E-state index contributed by atoms with van der Waals surface area (Å²) in [7, 11) is 3.85. The van der Waals surface area contributed by atoms with Crippen LogP contribution in [0.4, 0.5) is 0 Å². The van der Waals surface area contributed by atoms with Crippen molar-refractivity contribution in [1.82, 2.24) is 14.9 Å². The number of nitrogens with zero attached hydrogens (tertiary/aromatic N) is 3. The highest BCUT2D eigenvalue weighted by Crippen LogP contribution is 2.33. The monoisotopic (exact) mass is 297 g/mol. The van der Waals surface area contributed by atoms with Gasteiger partial charge < -0.3 is 4.74 Å². The molecule has 0 fully saturated rings. The number of aryl methyl sites for hydroxylation is 1. The van der Waals surface area contributed by atoms with Gasteiger partial charge in [0.2, 0.25) is 0 Å². The number of ether oxygens (including phenoxy) is 1. The molecule has 1 heterocycles. The number of hydrogen-bond acceptors (Lipinski definition) is 4. The summed E-state index contributed by atoms with van der Waals surface area (Å²) in [5, 5.41) is 0. The molecule has 0 bridgehead atoms. The lowest BCUT2D eigenvalue weighted by atomic mass is 9.87. The van der Waals surface area contributed by atoms with Gasteiger partial charge in [-0.2, -0.15) is 0 Å². The normalized spacial score (nSPS) is 17.5. The highest BCUT2D eigenvalue weighted by atomic mass is 16.5. The second kappa shape index (κ2) is 6.99. The zero-order chi connectivity index (χ0) is 15.4. The van der Waals surface area contributed by atoms with Crippen LogP contribution < -0.4 is 0 Å². The highest BCUT2D eigenvalue weighted by Gasteiger charge is 2.23. The molecule has 0 radical (unpaired) electrons. The summed E-state index contributed by atoms with van der Waals surface area (Å²) in [5.41, 5.74) is 4.12. The van der Waals surface area contributed by atoms with Crippen LogP contribution in [-0.4, -0.2) is 29.0 Å². The third-order valence-corrected chi connectivity index (χ3v) is 4.33. The number of hydrogen-bond donors (Lipinski definition) is 0. The Hall–Kier alpha value is -1.78. The lowest BCUT2D eigenvalue weighted by Gasteiger charge is -2.33. The van der Waals surface area contributed by atoms with E-state index in [-0.39, 0.29) is 0 Å². The Bertz CT molecular complexity index is 612. The van der Waals surface area contributed by atoms with E-state index in [2.05, 4.69) is 46.2 Å². The van der Waals surface area contributed by atoms with Gasteiger partial charge >= 0.3 is 0 Å². The number of methoxy groups -OCH3 is 1. The van der Waals surface area contributed by atoms with E-state index in [4.69, 9.17) is 4.74 Å². The summed E-state index contributed by atoms with van der Waals surface area (Å²) < 4.78 is 5.05. The van der Waals surface area contributed by atoms with Crippen LogP contribution in [0.15, 0.2) is 36.7 Å². The molecule has 0 saturated heterocycles. The van der Waals surface area contributed by atoms with Crippen molar-refractivity contribution in [2.45, 2.75) is 38.5 Å². The van der Waals surface area contributed by atoms with E-state index in [1.165, 1.54) is 30.4 Å². The minimum atomic E-state index is 0.464. The van der Waals surface area contributed by atoms with E-state index >= 15 is 0 Å². The molecule has 3 rings (SSSR count). The van der Waals surface area contributed by atoms with Crippen LogP contribution in [0.2, 0.25) is 0 Å². The molecule has 1 aromatic heterocycles. The third-order valence-electron chi connectivity index (χ3n) is 4.33. The van der Waals surface area contributed by atoms with Crippen LogP contribution in [-0.2, 0) is 24.3 Å². The van der Waals surface area contributed by atoms with Gasteiger partial charge in [0.25, 0.3) is 0 Å². The van der Waals surface area contributed by atoms with Gasteiger partial charge in [-0.25, -0.2) is 9.97 Å². The SMILES string of the molecule is COCc1ncc(CN(C)C2CCCc3ccccc32)cn1. The van der Waals surface area contributed by atoms with E-state index in [1.54, 1.807) is 7.11 Å². The minimum Gasteiger partial charge on any atom is -0.377 e. The van der Waals surface area contributed by atoms with E-state index < -0.39 is 0 Å². The number of benzene rings is 1. The Morgan fingerprint density at radius 1 is 1.23 bits per heavy atom. The summed E-state index contributed by atoms with van der Waals surface area (Å²) >= 11 is 0. The first-order chi connectivity index (χ1) is 10.8. The second-order valence-corrected chi connectivity index (χ2v) is 5.96. The lowest BCUT2D eigenvalue weighted by molar-refractivity contribution is 0.177. The van der Waals surface area contributed by atoms with Crippen molar-refractivity contribution in [2.75, 3.05) is 14.2 Å². The summed E-state index contributed by atoms with van der Waals surface area (Å²) in [6, 6.07) is 9.31. The van der Waals surface area contributed by atoms with Crippen molar-refractivity contribution in [3.05, 3.63) is 59.2 Å². The maximum atomic E-state index is 5.05. The number of rotatable bonds is 5.